The van der Waals surface area contributed by atoms with Gasteiger partial charge in [-0.1, -0.05) is 11.6 Å². The number of rotatable bonds is 2. The lowest BCUT2D eigenvalue weighted by molar-refractivity contribution is -0.138. The van der Waals surface area contributed by atoms with Crippen LogP contribution in [0.1, 0.15) is 11.1 Å². The van der Waals surface area contributed by atoms with E-state index in [0.29, 0.717) is 0 Å². The number of alkyl halides is 6. The molecule has 0 heterocycles. The second-order valence-corrected chi connectivity index (χ2v) is 5.66. The molecule has 0 amide bonds. The number of benzene rings is 2. The topological polar surface area (TPSA) is 24.1 Å². The number of hydrogen-bond donors (Lipinski definition) is 2. The van der Waals surface area contributed by atoms with Crippen molar-refractivity contribution in [3.63, 3.8) is 0 Å². The summed E-state index contributed by atoms with van der Waals surface area (Å²) in [6.45, 7) is 0. The standard InChI is InChI=1S/C15H9ClF6N2S/c16-12-6-5-10(7-11(12)15(20,21)22)24-13(25)23-9-3-1-8(2-4-9)14(17,18)19/h1-7H,(H2,23,24,25). The summed E-state index contributed by atoms with van der Waals surface area (Å²) in [6.07, 6.45) is -9.09. The molecule has 0 aliphatic carbocycles. The van der Waals surface area contributed by atoms with Crippen LogP contribution in [0.4, 0.5) is 37.7 Å². The summed E-state index contributed by atoms with van der Waals surface area (Å²) in [5, 5.41) is 4.55. The van der Waals surface area contributed by atoms with Gasteiger partial charge in [0, 0.05) is 11.4 Å². The largest absolute Gasteiger partial charge is 0.417 e. The number of halogens is 7. The van der Waals surface area contributed by atoms with Gasteiger partial charge in [0.25, 0.3) is 0 Å². The molecular formula is C15H9ClF6N2S. The molecule has 2 rings (SSSR count). The van der Waals surface area contributed by atoms with Crippen LogP contribution in [-0.2, 0) is 12.4 Å². The zero-order valence-electron chi connectivity index (χ0n) is 12.1. The Morgan fingerprint density at radius 3 is 1.84 bits per heavy atom. The summed E-state index contributed by atoms with van der Waals surface area (Å²) in [5.74, 6) is 0. The number of nitrogens with one attached hydrogen (secondary N) is 2. The molecule has 10 heteroatoms. The van der Waals surface area contributed by atoms with Gasteiger partial charge in [-0.25, -0.2) is 0 Å². The van der Waals surface area contributed by atoms with Gasteiger partial charge in [0.1, 0.15) is 0 Å². The van der Waals surface area contributed by atoms with E-state index in [1.165, 1.54) is 6.07 Å². The summed E-state index contributed by atoms with van der Waals surface area (Å²) in [5.41, 5.74) is -1.59. The van der Waals surface area contributed by atoms with E-state index in [1.807, 2.05) is 0 Å². The highest BCUT2D eigenvalue weighted by Crippen LogP contribution is 2.36. The summed E-state index contributed by atoms with van der Waals surface area (Å²) < 4.78 is 75.8. The lowest BCUT2D eigenvalue weighted by Gasteiger charge is -2.14. The molecule has 2 aromatic rings. The van der Waals surface area contributed by atoms with Crippen LogP contribution in [0.3, 0.4) is 0 Å². The van der Waals surface area contributed by atoms with Crippen LogP contribution < -0.4 is 10.6 Å². The molecule has 0 unspecified atom stereocenters. The second kappa shape index (κ2) is 7.09. The first-order chi connectivity index (χ1) is 11.5. The Labute approximate surface area is 148 Å². The normalized spacial score (nSPS) is 12.0. The van der Waals surface area contributed by atoms with Crippen molar-refractivity contribution in [3.8, 4) is 0 Å². The maximum atomic E-state index is 12.8. The van der Waals surface area contributed by atoms with Crippen LogP contribution in [-0.4, -0.2) is 5.11 Å². The Morgan fingerprint density at radius 1 is 0.800 bits per heavy atom. The van der Waals surface area contributed by atoms with Crippen molar-refractivity contribution in [3.05, 3.63) is 58.6 Å². The number of hydrogen-bond acceptors (Lipinski definition) is 1. The fourth-order valence-electron chi connectivity index (χ4n) is 1.86. The molecule has 25 heavy (non-hydrogen) atoms. The Hall–Kier alpha value is -2.00. The lowest BCUT2D eigenvalue weighted by atomic mass is 10.2. The first-order valence-corrected chi connectivity index (χ1v) is 7.37. The van der Waals surface area contributed by atoms with Gasteiger partial charge in [0.05, 0.1) is 16.1 Å². The highest BCUT2D eigenvalue weighted by Gasteiger charge is 2.33. The van der Waals surface area contributed by atoms with Gasteiger partial charge in [-0.2, -0.15) is 26.3 Å². The Balaban J connectivity index is 2.08. The molecule has 0 bridgehead atoms. The predicted octanol–water partition coefficient (Wildman–Crippen LogP) is 6.19. The molecule has 0 aliphatic rings. The lowest BCUT2D eigenvalue weighted by Crippen LogP contribution is -2.19. The van der Waals surface area contributed by atoms with Crippen molar-refractivity contribution < 1.29 is 26.3 Å². The maximum absolute atomic E-state index is 12.8. The average molecular weight is 399 g/mol. The molecule has 0 radical (unpaired) electrons. The van der Waals surface area contributed by atoms with Crippen molar-refractivity contribution in [2.75, 3.05) is 10.6 Å². The predicted molar refractivity (Wildman–Crippen MR) is 87.7 cm³/mol. The first-order valence-electron chi connectivity index (χ1n) is 6.59. The van der Waals surface area contributed by atoms with Crippen molar-refractivity contribution in [1.29, 1.82) is 0 Å². The molecular weight excluding hydrogens is 390 g/mol. The molecule has 0 aliphatic heterocycles. The van der Waals surface area contributed by atoms with E-state index in [1.54, 1.807) is 0 Å². The molecule has 0 saturated heterocycles. The molecule has 2 nitrogen and oxygen atoms in total. The molecule has 0 atom stereocenters. The highest BCUT2D eigenvalue weighted by molar-refractivity contribution is 7.80. The number of anilines is 2. The zero-order valence-corrected chi connectivity index (χ0v) is 13.7. The van der Waals surface area contributed by atoms with E-state index in [0.717, 1.165) is 36.4 Å². The van der Waals surface area contributed by atoms with Crippen LogP contribution in [0, 0.1) is 0 Å². The Morgan fingerprint density at radius 2 is 1.32 bits per heavy atom. The van der Waals surface area contributed by atoms with Gasteiger partial charge in [0.2, 0.25) is 0 Å². The highest BCUT2D eigenvalue weighted by atomic mass is 35.5. The van der Waals surface area contributed by atoms with Gasteiger partial charge in [-0.05, 0) is 54.7 Å². The van der Waals surface area contributed by atoms with Gasteiger partial charge < -0.3 is 10.6 Å². The van der Waals surface area contributed by atoms with Gasteiger partial charge in [-0.15, -0.1) is 0 Å². The van der Waals surface area contributed by atoms with Gasteiger partial charge in [-0.3, -0.25) is 0 Å². The van der Waals surface area contributed by atoms with Crippen molar-refractivity contribution in [1.82, 2.24) is 0 Å². The van der Waals surface area contributed by atoms with Crippen molar-refractivity contribution in [2.45, 2.75) is 12.4 Å². The molecule has 0 aromatic heterocycles. The van der Waals surface area contributed by atoms with E-state index in [-0.39, 0.29) is 16.5 Å². The third-order valence-electron chi connectivity index (χ3n) is 3.00. The third-order valence-corrected chi connectivity index (χ3v) is 3.53. The number of thiocarbonyl (C=S) groups is 1. The van der Waals surface area contributed by atoms with E-state index in [2.05, 4.69) is 10.6 Å². The first kappa shape index (κ1) is 19.3. The van der Waals surface area contributed by atoms with Crippen LogP contribution in [0.2, 0.25) is 5.02 Å². The minimum atomic E-state index is -4.63. The molecule has 2 N–H and O–H groups in total. The van der Waals surface area contributed by atoms with E-state index < -0.39 is 28.5 Å². The minimum Gasteiger partial charge on any atom is -0.332 e. The quantitative estimate of drug-likeness (QED) is 0.466. The molecule has 2 aromatic carbocycles. The van der Waals surface area contributed by atoms with Crippen LogP contribution in [0.25, 0.3) is 0 Å². The summed E-state index contributed by atoms with van der Waals surface area (Å²) in [7, 11) is 0. The molecule has 0 saturated carbocycles. The van der Waals surface area contributed by atoms with Gasteiger partial charge in [0.15, 0.2) is 5.11 Å². The molecule has 134 valence electrons. The summed E-state index contributed by atoms with van der Waals surface area (Å²) in [6, 6.07) is 7.15. The molecule has 0 fully saturated rings. The van der Waals surface area contributed by atoms with E-state index in [4.69, 9.17) is 23.8 Å². The summed E-state index contributed by atoms with van der Waals surface area (Å²) in [4.78, 5) is 0. The van der Waals surface area contributed by atoms with Crippen LogP contribution in [0.5, 0.6) is 0 Å². The SMILES string of the molecule is FC(F)(F)c1ccc(NC(=S)Nc2ccc(Cl)c(C(F)(F)F)c2)cc1. The molecule has 0 spiro atoms. The van der Waals surface area contributed by atoms with Crippen molar-refractivity contribution >= 4 is 40.3 Å². The van der Waals surface area contributed by atoms with Crippen molar-refractivity contribution in [2.24, 2.45) is 0 Å². The van der Waals surface area contributed by atoms with E-state index >= 15 is 0 Å². The average Bonchev–Trinajstić information content (AvgIpc) is 2.47. The van der Waals surface area contributed by atoms with Crippen LogP contribution >= 0.6 is 23.8 Å². The maximum Gasteiger partial charge on any atom is 0.417 e. The minimum absolute atomic E-state index is 0.0288. The Kier molecular flexibility index (Phi) is 5.48. The van der Waals surface area contributed by atoms with Crippen LogP contribution in [0.15, 0.2) is 42.5 Å². The fourth-order valence-corrected chi connectivity index (χ4v) is 2.32. The Bertz CT molecular complexity index is 771. The van der Waals surface area contributed by atoms with Gasteiger partial charge >= 0.3 is 12.4 Å². The monoisotopic (exact) mass is 398 g/mol. The fraction of sp³-hybridized carbons (Fsp3) is 0.133. The van der Waals surface area contributed by atoms with E-state index in [9.17, 15) is 26.3 Å². The summed E-state index contributed by atoms with van der Waals surface area (Å²) >= 11 is 10.4. The second-order valence-electron chi connectivity index (χ2n) is 4.85. The smallest absolute Gasteiger partial charge is 0.332 e. The zero-order chi connectivity index (χ0) is 18.8. The third kappa shape index (κ3) is 5.23.